The van der Waals surface area contributed by atoms with E-state index < -0.39 is 35.0 Å². The summed E-state index contributed by atoms with van der Waals surface area (Å²) in [6.45, 7) is -0.183. The summed E-state index contributed by atoms with van der Waals surface area (Å²) in [4.78, 5) is 22.7. The van der Waals surface area contributed by atoms with Crippen LogP contribution in [-0.4, -0.2) is 15.9 Å². The summed E-state index contributed by atoms with van der Waals surface area (Å²) in [5, 5.41) is 0.484. The zero-order valence-corrected chi connectivity index (χ0v) is 18.4. The molecule has 34 heavy (non-hydrogen) atoms. The van der Waals surface area contributed by atoms with E-state index in [-0.39, 0.29) is 17.7 Å². The fourth-order valence-electron chi connectivity index (χ4n) is 3.14. The summed E-state index contributed by atoms with van der Waals surface area (Å²) >= 11 is 7.02. The summed E-state index contributed by atoms with van der Waals surface area (Å²) in [7, 11) is 0. The van der Waals surface area contributed by atoms with E-state index in [1.807, 2.05) is 0 Å². The van der Waals surface area contributed by atoms with Crippen molar-refractivity contribution in [3.8, 4) is 0 Å². The first-order valence-corrected chi connectivity index (χ1v) is 10.7. The summed E-state index contributed by atoms with van der Waals surface area (Å²) in [5.74, 6) is -1.08. The van der Waals surface area contributed by atoms with Crippen LogP contribution in [0, 0.1) is 0 Å². The minimum absolute atomic E-state index is 0.0259. The standard InChI is InChI=1S/C22H12ClF6N3OS/c23-16-3-4-17-18(9-16)34-20(31-17)32(11-12-2-1-5-30-10-12)19(33)13-6-14(21(24,25)26)8-15(7-13)22(27,28)29/h1-10H,11H2. The van der Waals surface area contributed by atoms with Crippen molar-refractivity contribution < 1.29 is 31.1 Å². The quantitative estimate of drug-likeness (QED) is 0.269. The number of benzene rings is 2. The fourth-order valence-corrected chi connectivity index (χ4v) is 4.38. The Morgan fingerprint density at radius 3 is 2.24 bits per heavy atom. The number of rotatable bonds is 4. The van der Waals surface area contributed by atoms with Gasteiger partial charge in [-0.2, -0.15) is 26.3 Å². The van der Waals surface area contributed by atoms with E-state index in [9.17, 15) is 31.1 Å². The van der Waals surface area contributed by atoms with Crippen LogP contribution < -0.4 is 4.90 Å². The Balaban J connectivity index is 1.85. The second-order valence-electron chi connectivity index (χ2n) is 7.16. The number of aromatic nitrogens is 2. The fraction of sp³-hybridized carbons (Fsp3) is 0.136. The van der Waals surface area contributed by atoms with E-state index >= 15 is 0 Å². The lowest BCUT2D eigenvalue weighted by molar-refractivity contribution is -0.143. The number of amides is 1. The maximum absolute atomic E-state index is 13.4. The molecule has 0 fully saturated rings. The van der Waals surface area contributed by atoms with Gasteiger partial charge >= 0.3 is 12.4 Å². The van der Waals surface area contributed by atoms with Gasteiger partial charge in [-0.15, -0.1) is 0 Å². The van der Waals surface area contributed by atoms with Crippen LogP contribution in [0.5, 0.6) is 0 Å². The number of fused-ring (bicyclic) bond motifs is 1. The molecule has 0 saturated carbocycles. The third-order valence-electron chi connectivity index (χ3n) is 4.71. The first-order chi connectivity index (χ1) is 15.9. The first kappa shape index (κ1) is 24.0. The Kier molecular flexibility index (Phi) is 6.26. The molecule has 0 bridgehead atoms. The molecular weight excluding hydrogens is 504 g/mol. The summed E-state index contributed by atoms with van der Waals surface area (Å²) in [5.41, 5.74) is -2.97. The van der Waals surface area contributed by atoms with Gasteiger partial charge in [0.1, 0.15) is 0 Å². The highest BCUT2D eigenvalue weighted by molar-refractivity contribution is 7.22. The smallest absolute Gasteiger partial charge is 0.279 e. The Morgan fingerprint density at radius 1 is 0.971 bits per heavy atom. The molecular formula is C22H12ClF6N3OS. The third-order valence-corrected chi connectivity index (χ3v) is 5.99. The van der Waals surface area contributed by atoms with Gasteiger partial charge in [-0.25, -0.2) is 4.98 Å². The van der Waals surface area contributed by atoms with Crippen molar-refractivity contribution in [3.63, 3.8) is 0 Å². The number of halogens is 7. The minimum atomic E-state index is -5.09. The zero-order chi connectivity index (χ0) is 24.7. The van der Waals surface area contributed by atoms with Crippen molar-refractivity contribution in [2.75, 3.05) is 4.90 Å². The number of hydrogen-bond acceptors (Lipinski definition) is 4. The first-order valence-electron chi connectivity index (χ1n) is 9.48. The molecule has 0 N–H and O–H groups in total. The highest BCUT2D eigenvalue weighted by Crippen LogP contribution is 2.38. The van der Waals surface area contributed by atoms with Crippen LogP contribution in [0.15, 0.2) is 60.9 Å². The van der Waals surface area contributed by atoms with Gasteiger partial charge in [0.05, 0.1) is 27.9 Å². The molecule has 4 rings (SSSR count). The number of anilines is 1. The number of carbonyl (C=O) groups is 1. The van der Waals surface area contributed by atoms with E-state index in [2.05, 4.69) is 9.97 Å². The SMILES string of the molecule is O=C(c1cc(C(F)(F)F)cc(C(F)(F)F)c1)N(Cc1cccnc1)c1nc2ccc(Cl)cc2s1. The molecule has 0 aliphatic carbocycles. The molecule has 0 saturated heterocycles. The van der Waals surface area contributed by atoms with E-state index in [4.69, 9.17) is 11.6 Å². The van der Waals surface area contributed by atoms with Crippen molar-refractivity contribution in [2.24, 2.45) is 0 Å². The zero-order valence-electron chi connectivity index (χ0n) is 16.8. The number of thiazole rings is 1. The average molecular weight is 516 g/mol. The summed E-state index contributed by atoms with van der Waals surface area (Å²) < 4.78 is 80.5. The minimum Gasteiger partial charge on any atom is -0.279 e. The van der Waals surface area contributed by atoms with Crippen LogP contribution in [0.2, 0.25) is 5.02 Å². The number of nitrogens with zero attached hydrogens (tertiary/aromatic N) is 3. The van der Waals surface area contributed by atoms with E-state index in [0.29, 0.717) is 32.9 Å². The van der Waals surface area contributed by atoms with E-state index in [1.54, 1.807) is 30.3 Å². The van der Waals surface area contributed by atoms with Crippen molar-refractivity contribution in [1.82, 2.24) is 9.97 Å². The van der Waals surface area contributed by atoms with Crippen LogP contribution in [0.4, 0.5) is 31.5 Å². The maximum Gasteiger partial charge on any atom is 0.416 e. The van der Waals surface area contributed by atoms with Crippen LogP contribution >= 0.6 is 22.9 Å². The van der Waals surface area contributed by atoms with Gasteiger partial charge in [0.2, 0.25) is 0 Å². The van der Waals surface area contributed by atoms with Gasteiger partial charge < -0.3 is 0 Å². The highest BCUT2D eigenvalue weighted by atomic mass is 35.5. The molecule has 2 heterocycles. The molecule has 0 unspecified atom stereocenters. The Bertz CT molecular complexity index is 1320. The van der Waals surface area contributed by atoms with Crippen molar-refractivity contribution in [2.45, 2.75) is 18.9 Å². The molecule has 0 spiro atoms. The Hall–Kier alpha value is -3.18. The predicted octanol–water partition coefficient (Wildman–Crippen LogP) is 7.23. The molecule has 2 aromatic heterocycles. The predicted molar refractivity (Wildman–Crippen MR) is 116 cm³/mol. The average Bonchev–Trinajstić information content (AvgIpc) is 3.19. The highest BCUT2D eigenvalue weighted by Gasteiger charge is 2.38. The van der Waals surface area contributed by atoms with Gasteiger partial charge in [-0.05, 0) is 48.0 Å². The monoisotopic (exact) mass is 515 g/mol. The number of hydrogen-bond donors (Lipinski definition) is 0. The van der Waals surface area contributed by atoms with E-state index in [1.165, 1.54) is 12.4 Å². The second-order valence-corrected chi connectivity index (χ2v) is 8.60. The van der Waals surface area contributed by atoms with Crippen molar-refractivity contribution in [1.29, 1.82) is 0 Å². The lowest BCUT2D eigenvalue weighted by atomic mass is 10.0. The van der Waals surface area contributed by atoms with Gasteiger partial charge in [0.25, 0.3) is 5.91 Å². The number of alkyl halides is 6. The van der Waals surface area contributed by atoms with Crippen LogP contribution in [0.1, 0.15) is 27.0 Å². The normalized spacial score (nSPS) is 12.2. The van der Waals surface area contributed by atoms with Crippen molar-refractivity contribution >= 4 is 44.2 Å². The van der Waals surface area contributed by atoms with Crippen LogP contribution in [0.25, 0.3) is 10.2 Å². The van der Waals surface area contributed by atoms with Gasteiger partial charge in [-0.1, -0.05) is 29.0 Å². The van der Waals surface area contributed by atoms with Crippen molar-refractivity contribution in [3.05, 3.63) is 88.2 Å². The molecule has 4 nitrogen and oxygen atoms in total. The second kappa shape index (κ2) is 8.88. The number of carbonyl (C=O) groups excluding carboxylic acids is 1. The molecule has 0 atom stereocenters. The van der Waals surface area contributed by atoms with Crippen LogP contribution in [-0.2, 0) is 18.9 Å². The molecule has 0 aliphatic heterocycles. The van der Waals surface area contributed by atoms with Crippen LogP contribution in [0.3, 0.4) is 0 Å². The molecule has 1 amide bonds. The van der Waals surface area contributed by atoms with Gasteiger partial charge in [0, 0.05) is 23.0 Å². The summed E-state index contributed by atoms with van der Waals surface area (Å²) in [6.07, 6.45) is -7.26. The maximum atomic E-state index is 13.4. The third kappa shape index (κ3) is 5.15. The lowest BCUT2D eigenvalue weighted by Gasteiger charge is -2.21. The van der Waals surface area contributed by atoms with E-state index in [0.717, 1.165) is 16.2 Å². The molecule has 0 radical (unpaired) electrons. The molecule has 4 aromatic rings. The topological polar surface area (TPSA) is 46.1 Å². The lowest BCUT2D eigenvalue weighted by Crippen LogP contribution is -2.31. The number of pyridine rings is 1. The summed E-state index contributed by atoms with van der Waals surface area (Å²) in [6, 6.07) is 8.74. The molecule has 12 heteroatoms. The van der Waals surface area contributed by atoms with Gasteiger partial charge in [0.15, 0.2) is 5.13 Å². The molecule has 176 valence electrons. The molecule has 2 aromatic carbocycles. The van der Waals surface area contributed by atoms with Gasteiger partial charge in [-0.3, -0.25) is 14.7 Å². The Labute approximate surface area is 197 Å². The largest absolute Gasteiger partial charge is 0.416 e. The Morgan fingerprint density at radius 2 is 1.65 bits per heavy atom. The molecule has 0 aliphatic rings.